The lowest BCUT2D eigenvalue weighted by molar-refractivity contribution is -0.142. The minimum atomic E-state index is -1.79. The van der Waals surface area contributed by atoms with Crippen molar-refractivity contribution in [1.29, 1.82) is 0 Å². The predicted octanol–water partition coefficient (Wildman–Crippen LogP) is -3.27. The number of phenols is 1. The quantitative estimate of drug-likeness (QED) is 0.0193. The highest BCUT2D eigenvalue weighted by atomic mass is 16.3. The highest BCUT2D eigenvalue weighted by Crippen LogP contribution is 2.22. The topological polar surface area (TPSA) is 566 Å². The van der Waals surface area contributed by atoms with Gasteiger partial charge in [-0.3, -0.25) is 52.7 Å². The summed E-state index contributed by atoms with van der Waals surface area (Å²) in [5, 5.41) is 67.4. The Hall–Kier alpha value is -10.2. The van der Waals surface area contributed by atoms with Crippen LogP contribution in [0.3, 0.4) is 0 Å². The second-order valence-corrected chi connectivity index (χ2v) is 25.4. The van der Waals surface area contributed by atoms with Gasteiger partial charge in [-0.05, 0) is 121 Å². The Morgan fingerprint density at radius 2 is 1.13 bits per heavy atom. The number of aromatic nitrogens is 8. The lowest BCUT2D eigenvalue weighted by Gasteiger charge is -2.31. The van der Waals surface area contributed by atoms with E-state index in [0.29, 0.717) is 56.3 Å². The second-order valence-electron chi connectivity index (χ2n) is 25.4. The summed E-state index contributed by atoms with van der Waals surface area (Å²) in [6.45, 7) is 9.39. The first-order valence-corrected chi connectivity index (χ1v) is 33.5. The smallest absolute Gasteiger partial charge is 0.245 e. The second kappa shape index (κ2) is 39.3. The van der Waals surface area contributed by atoms with Crippen LogP contribution in [0.25, 0.3) is 0 Å². The van der Waals surface area contributed by atoms with E-state index in [1.165, 1.54) is 48.6 Å². The Balaban J connectivity index is 1.24. The number of aliphatic hydroxyl groups is 1. The Bertz CT molecular complexity index is 3310. The first-order chi connectivity index (χ1) is 47.3. The summed E-state index contributed by atoms with van der Waals surface area (Å²) in [7, 11) is 0. The van der Waals surface area contributed by atoms with Crippen LogP contribution in [0.1, 0.15) is 136 Å². The monoisotopic (exact) mass is 1390 g/mol. The summed E-state index contributed by atoms with van der Waals surface area (Å²) < 4.78 is 0. The fraction of sp³-hybridized carbons (Fsp3) is 0.613. The standard InChI is InChI=1S/C62H98N24O13/c1-33(2)27-43(53(94)75-42(15-8-9-23-67-34(3)4)58(99)86-26-12-16-47(86)57(98)71-35(5)49(63)90)76-50(91)39(13-6-10-24-68-61-80-59(64)82-84-61)73-54(95)44(28-36-17-19-38(88)20-18-36)77-56(97)46(31-87)79-51(92)40(14-7-11-25-69-62-81-60(65)83-85-62)74-55(96)45(29-37-30-66-32-70-37)78-52(93)41-21-22-48(89)72-41/h17-20,30,32-35,39-47,67,87-88H,6-16,21-29,31H2,1-5H3,(H2,63,90)(H,66,70)(H,71,98)(H,72,89)(H,73,95)(H,74,96)(H,75,94)(H,76,91)(H,77,97)(H,78,93)(H,79,92)(H4,64,68,80,82,84)(H4,65,69,81,83,85)/t35-,39-,40+,41+,42+,43+,44+,45+,46+,47+/m1/s1. The molecule has 2 saturated heterocycles. The maximum atomic E-state index is 15.0. The van der Waals surface area contributed by atoms with Crippen molar-refractivity contribution in [3.63, 3.8) is 0 Å². The Morgan fingerprint density at radius 1 is 0.616 bits per heavy atom. The number of nitrogens with zero attached hydrogens (tertiary/aromatic N) is 6. The van der Waals surface area contributed by atoms with E-state index in [1.54, 1.807) is 0 Å². The van der Waals surface area contributed by atoms with Crippen molar-refractivity contribution in [1.82, 2.24) is 98.4 Å². The van der Waals surface area contributed by atoms with Gasteiger partial charge in [-0.2, -0.15) is 9.97 Å². The highest BCUT2D eigenvalue weighted by Gasteiger charge is 2.40. The first kappa shape index (κ1) is 77.8. The van der Waals surface area contributed by atoms with E-state index in [9.17, 15) is 63.0 Å². The number of H-pyrrole nitrogens is 3. The normalized spacial score (nSPS) is 16.8. The van der Waals surface area contributed by atoms with Crippen LogP contribution >= 0.6 is 0 Å². The molecule has 0 unspecified atom stereocenters. The van der Waals surface area contributed by atoms with E-state index in [2.05, 4.69) is 104 Å². The van der Waals surface area contributed by atoms with Crippen molar-refractivity contribution in [2.75, 3.05) is 54.9 Å². The molecule has 544 valence electrons. The molecule has 37 nitrogen and oxygen atoms in total. The van der Waals surface area contributed by atoms with Crippen LogP contribution in [-0.4, -0.2) is 220 Å². The zero-order valence-electron chi connectivity index (χ0n) is 56.5. The zero-order valence-corrected chi connectivity index (χ0v) is 56.5. The van der Waals surface area contributed by atoms with Gasteiger partial charge in [0.15, 0.2) is 0 Å². The molecular weight excluding hydrogens is 1290 g/mol. The van der Waals surface area contributed by atoms with Gasteiger partial charge in [-0.25, -0.2) is 15.2 Å². The molecule has 0 bridgehead atoms. The number of phenolic OH excluding ortho intramolecular Hbond substituents is 1. The van der Waals surface area contributed by atoms with Crippen LogP contribution in [0.15, 0.2) is 36.8 Å². The molecule has 0 aliphatic carbocycles. The summed E-state index contributed by atoms with van der Waals surface area (Å²) in [6, 6.07) is -7.03. The predicted molar refractivity (Wildman–Crippen MR) is 360 cm³/mol. The first-order valence-electron chi connectivity index (χ1n) is 33.5. The van der Waals surface area contributed by atoms with Crippen molar-refractivity contribution in [3.05, 3.63) is 48.0 Å². The van der Waals surface area contributed by atoms with Gasteiger partial charge in [0.2, 0.25) is 88.8 Å². The molecule has 1 aromatic carbocycles. The number of hydrogen-bond donors (Lipinski definition) is 20. The van der Waals surface area contributed by atoms with Crippen LogP contribution in [-0.2, 0) is 65.6 Å². The number of anilines is 4. The summed E-state index contributed by atoms with van der Waals surface area (Å²) in [5.74, 6) is -7.99. The van der Waals surface area contributed by atoms with Crippen LogP contribution in [0.4, 0.5) is 23.8 Å². The van der Waals surface area contributed by atoms with Gasteiger partial charge in [0.05, 0.1) is 12.9 Å². The van der Waals surface area contributed by atoms with E-state index in [-0.39, 0.29) is 131 Å². The third-order valence-corrected chi connectivity index (χ3v) is 16.5. The number of nitrogens with one attached hydrogen (secondary N) is 15. The van der Waals surface area contributed by atoms with E-state index >= 15 is 0 Å². The van der Waals surface area contributed by atoms with Crippen molar-refractivity contribution >= 4 is 88.8 Å². The van der Waals surface area contributed by atoms with Gasteiger partial charge in [-0.1, -0.05) is 39.8 Å². The Labute approximate surface area is 572 Å². The molecule has 0 saturated carbocycles. The number of aliphatic hydroxyl groups excluding tert-OH is 1. The van der Waals surface area contributed by atoms with E-state index < -0.39 is 126 Å². The number of rotatable bonds is 43. The number of likely N-dealkylation sites (tertiary alicyclic amines) is 1. The molecule has 3 aromatic heterocycles. The summed E-state index contributed by atoms with van der Waals surface area (Å²) >= 11 is 0. The average Bonchev–Trinajstić information content (AvgIpc) is 1.76. The largest absolute Gasteiger partial charge is 0.508 e. The lowest BCUT2D eigenvalue weighted by Crippen LogP contribution is -2.61. The van der Waals surface area contributed by atoms with Crippen LogP contribution < -0.4 is 81.0 Å². The number of nitrogen functional groups attached to an aromatic ring is 2. The van der Waals surface area contributed by atoms with Crippen molar-refractivity contribution in [3.8, 4) is 5.75 Å². The van der Waals surface area contributed by atoms with E-state index in [4.69, 9.17) is 17.2 Å². The van der Waals surface area contributed by atoms with Crippen molar-refractivity contribution in [2.24, 2.45) is 11.7 Å². The molecule has 0 spiro atoms. The van der Waals surface area contributed by atoms with Gasteiger partial charge >= 0.3 is 0 Å². The fourth-order valence-electron chi connectivity index (χ4n) is 11.1. The lowest BCUT2D eigenvalue weighted by atomic mass is 10.00. The number of carbonyl (C=O) groups is 11. The third kappa shape index (κ3) is 26.0. The van der Waals surface area contributed by atoms with Gasteiger partial charge in [0, 0.05) is 56.8 Å². The number of primary amides is 1. The molecular formula is C62H98N24O13. The summed E-state index contributed by atoms with van der Waals surface area (Å²) in [5.41, 5.74) is 17.6. The zero-order chi connectivity index (χ0) is 72.1. The van der Waals surface area contributed by atoms with Crippen LogP contribution in [0.2, 0.25) is 0 Å². The number of aromatic amines is 3. The summed E-state index contributed by atoms with van der Waals surface area (Å²) in [4.78, 5) is 170. The molecule has 5 heterocycles. The van der Waals surface area contributed by atoms with Crippen molar-refractivity contribution in [2.45, 2.75) is 204 Å². The molecule has 10 atom stereocenters. The molecule has 23 N–H and O–H groups in total. The number of imidazole rings is 1. The minimum Gasteiger partial charge on any atom is -0.508 e. The van der Waals surface area contributed by atoms with Gasteiger partial charge < -0.3 is 101 Å². The number of amides is 11. The molecule has 2 aliphatic heterocycles. The number of carbonyl (C=O) groups excluding carboxylic acids is 11. The van der Waals surface area contributed by atoms with Gasteiger partial charge in [-0.15, -0.1) is 10.2 Å². The molecule has 4 aromatic rings. The Kier molecular flexibility index (Phi) is 30.9. The highest BCUT2D eigenvalue weighted by molar-refractivity contribution is 5.99. The average molecular weight is 1390 g/mol. The SMILES string of the molecule is CC(C)C[C@H](NC(=O)[C@@H](CCCCNc1n[nH]c(N)n1)NC(=O)[C@H](Cc1ccc(O)cc1)NC(=O)[C@H](CO)NC(=O)[C@H](CCCCNc1n[nH]c(N)n1)NC(=O)[C@H](Cc1cnc[nH]1)NC(=O)[C@@H]1CCC(=O)N1)C(=O)N[C@@H](CCCCNC(C)C)C(=O)N1CCC[C@H]1C(=O)N[C@H](C)C(N)=O. The molecule has 2 fully saturated rings. The van der Waals surface area contributed by atoms with Gasteiger partial charge in [0.25, 0.3) is 0 Å². The Morgan fingerprint density at radius 3 is 1.65 bits per heavy atom. The van der Waals surface area contributed by atoms with Crippen LogP contribution in [0.5, 0.6) is 5.75 Å². The molecule has 11 amide bonds. The maximum absolute atomic E-state index is 15.0. The summed E-state index contributed by atoms with van der Waals surface area (Å²) in [6.07, 6.45) is 5.89. The number of hydrogen-bond acceptors (Lipinski definition) is 23. The van der Waals surface area contributed by atoms with E-state index in [1.807, 2.05) is 27.7 Å². The number of benzene rings is 1. The number of unbranched alkanes of at least 4 members (excludes halogenated alkanes) is 3. The molecule has 37 heteroatoms. The fourth-order valence-corrected chi connectivity index (χ4v) is 11.1. The van der Waals surface area contributed by atoms with Gasteiger partial charge in [0.1, 0.15) is 66.2 Å². The minimum absolute atomic E-state index is 0.0552. The van der Waals surface area contributed by atoms with Crippen molar-refractivity contribution < 1.29 is 63.0 Å². The van der Waals surface area contributed by atoms with Crippen LogP contribution in [0, 0.1) is 5.92 Å². The van der Waals surface area contributed by atoms with E-state index in [0.717, 1.165) is 0 Å². The molecule has 6 rings (SSSR count). The maximum Gasteiger partial charge on any atom is 0.245 e. The molecule has 2 aliphatic rings. The number of nitrogens with two attached hydrogens (primary N) is 3. The molecule has 99 heavy (non-hydrogen) atoms. The number of aromatic hydroxyl groups is 1. The molecule has 0 radical (unpaired) electrons. The third-order valence-electron chi connectivity index (χ3n) is 16.5.